The highest BCUT2D eigenvalue weighted by Gasteiger charge is 2.10. The summed E-state index contributed by atoms with van der Waals surface area (Å²) in [7, 11) is 0. The van der Waals surface area contributed by atoms with Crippen molar-refractivity contribution in [3.05, 3.63) is 46.8 Å². The molecule has 0 amide bonds. The average molecular weight is 269 g/mol. The number of benzene rings is 1. The first-order chi connectivity index (χ1) is 9.69. The number of hydrogen-bond acceptors (Lipinski definition) is 5. The number of pyridine rings is 1. The minimum atomic E-state index is -0.351. The van der Waals surface area contributed by atoms with Crippen LogP contribution in [0.5, 0.6) is 5.75 Å². The maximum atomic E-state index is 12.4. The number of carbonyl (C=O) groups is 1. The highest BCUT2D eigenvalue weighted by atomic mass is 16.5. The lowest BCUT2D eigenvalue weighted by atomic mass is 10.2. The Bertz CT molecular complexity index is 867. The summed E-state index contributed by atoms with van der Waals surface area (Å²) in [6, 6.07) is 8.03. The number of fused-ring (bicyclic) bond motifs is 2. The molecule has 0 radical (unpaired) electrons. The average Bonchev–Trinajstić information content (AvgIpc) is 2.48. The molecule has 2 heterocycles. The Morgan fingerprint density at radius 3 is 2.95 bits per heavy atom. The first-order valence-electron chi connectivity index (χ1n) is 6.21. The van der Waals surface area contributed by atoms with Gasteiger partial charge in [0.25, 0.3) is 0 Å². The van der Waals surface area contributed by atoms with E-state index in [1.165, 1.54) is 6.07 Å². The van der Waals surface area contributed by atoms with E-state index in [0.717, 1.165) is 0 Å². The van der Waals surface area contributed by atoms with Crippen LogP contribution in [0.3, 0.4) is 0 Å². The van der Waals surface area contributed by atoms with Crippen LogP contribution in [0.4, 0.5) is 0 Å². The molecule has 3 aromatic rings. The van der Waals surface area contributed by atoms with Gasteiger partial charge in [-0.15, -0.1) is 0 Å². The molecule has 0 aliphatic carbocycles. The van der Waals surface area contributed by atoms with Gasteiger partial charge < -0.3 is 9.15 Å². The van der Waals surface area contributed by atoms with Crippen LogP contribution in [0.25, 0.3) is 22.1 Å². The molecule has 0 spiro atoms. The van der Waals surface area contributed by atoms with Crippen LogP contribution in [0.1, 0.15) is 13.3 Å². The summed E-state index contributed by atoms with van der Waals surface area (Å²) in [6.07, 6.45) is 1.84. The molecule has 20 heavy (non-hydrogen) atoms. The largest absolute Gasteiger partial charge is 0.437 e. The number of rotatable bonds is 2. The number of esters is 1. The maximum absolute atomic E-state index is 12.4. The van der Waals surface area contributed by atoms with E-state index in [2.05, 4.69) is 4.98 Å². The predicted octanol–water partition coefficient (Wildman–Crippen LogP) is 2.66. The molecule has 0 aliphatic heterocycles. The van der Waals surface area contributed by atoms with Crippen molar-refractivity contribution in [2.45, 2.75) is 13.3 Å². The van der Waals surface area contributed by atoms with Crippen molar-refractivity contribution in [3.63, 3.8) is 0 Å². The second kappa shape index (κ2) is 4.77. The zero-order chi connectivity index (χ0) is 14.1. The lowest BCUT2D eigenvalue weighted by Gasteiger charge is -2.04. The minimum absolute atomic E-state index is 0.191. The molecule has 0 fully saturated rings. The SMILES string of the molecule is CCC(=O)Oc1ccc2oc3ncccc3c(=O)c2c1. The van der Waals surface area contributed by atoms with Gasteiger partial charge in [0.05, 0.1) is 10.8 Å². The van der Waals surface area contributed by atoms with Crippen LogP contribution in [-0.2, 0) is 4.79 Å². The van der Waals surface area contributed by atoms with Gasteiger partial charge in [-0.25, -0.2) is 4.98 Å². The van der Waals surface area contributed by atoms with E-state index < -0.39 is 0 Å². The molecule has 5 heteroatoms. The van der Waals surface area contributed by atoms with Gasteiger partial charge in [0.1, 0.15) is 11.3 Å². The van der Waals surface area contributed by atoms with Gasteiger partial charge in [-0.1, -0.05) is 6.92 Å². The Morgan fingerprint density at radius 1 is 1.30 bits per heavy atom. The van der Waals surface area contributed by atoms with Crippen LogP contribution >= 0.6 is 0 Å². The summed E-state index contributed by atoms with van der Waals surface area (Å²) < 4.78 is 10.7. The zero-order valence-corrected chi connectivity index (χ0v) is 10.8. The van der Waals surface area contributed by atoms with Gasteiger partial charge in [0.15, 0.2) is 0 Å². The fourth-order valence-electron chi connectivity index (χ4n) is 1.94. The van der Waals surface area contributed by atoms with Gasteiger partial charge >= 0.3 is 5.97 Å². The van der Waals surface area contributed by atoms with Crippen LogP contribution in [0, 0.1) is 0 Å². The normalized spacial score (nSPS) is 10.8. The molecule has 100 valence electrons. The number of nitrogens with zero attached hydrogens (tertiary/aromatic N) is 1. The quantitative estimate of drug-likeness (QED) is 0.406. The van der Waals surface area contributed by atoms with Crippen LogP contribution < -0.4 is 10.2 Å². The summed E-state index contributed by atoms with van der Waals surface area (Å²) in [5.74, 6) is -0.0175. The van der Waals surface area contributed by atoms with E-state index in [-0.39, 0.29) is 17.8 Å². The highest BCUT2D eigenvalue weighted by molar-refractivity contribution is 5.89. The third-order valence-corrected chi connectivity index (χ3v) is 2.94. The molecule has 0 N–H and O–H groups in total. The highest BCUT2D eigenvalue weighted by Crippen LogP contribution is 2.21. The van der Waals surface area contributed by atoms with Crippen molar-refractivity contribution < 1.29 is 13.9 Å². The summed E-state index contributed by atoms with van der Waals surface area (Å²) in [5, 5.41) is 0.769. The van der Waals surface area contributed by atoms with Crippen LogP contribution in [-0.4, -0.2) is 11.0 Å². The molecule has 0 aliphatic rings. The molecule has 0 saturated heterocycles. The molecule has 5 nitrogen and oxygen atoms in total. The van der Waals surface area contributed by atoms with E-state index >= 15 is 0 Å². The Kier molecular flexibility index (Phi) is 2.95. The molecular weight excluding hydrogens is 258 g/mol. The van der Waals surface area contributed by atoms with Crippen molar-refractivity contribution >= 4 is 28.0 Å². The third kappa shape index (κ3) is 2.03. The molecule has 3 rings (SSSR count). The van der Waals surface area contributed by atoms with E-state index in [9.17, 15) is 9.59 Å². The van der Waals surface area contributed by atoms with Gasteiger partial charge in [-0.05, 0) is 30.3 Å². The van der Waals surface area contributed by atoms with Gasteiger partial charge in [-0.2, -0.15) is 0 Å². The smallest absolute Gasteiger partial charge is 0.310 e. The molecular formula is C15H11NO4. The van der Waals surface area contributed by atoms with Gasteiger partial charge in [0.2, 0.25) is 11.1 Å². The number of ether oxygens (including phenoxy) is 1. The zero-order valence-electron chi connectivity index (χ0n) is 10.8. The standard InChI is InChI=1S/C15H11NO4/c1-2-13(17)19-9-5-6-12-11(8-9)14(18)10-4-3-7-16-15(10)20-12/h3-8H,2H2,1H3. The molecule has 0 bridgehead atoms. The Labute approximate surface area is 113 Å². The monoisotopic (exact) mass is 269 g/mol. The second-order valence-corrected chi connectivity index (χ2v) is 4.27. The molecule has 0 atom stereocenters. The van der Waals surface area contributed by atoms with Crippen molar-refractivity contribution in [3.8, 4) is 5.75 Å². The van der Waals surface area contributed by atoms with Crippen molar-refractivity contribution in [2.75, 3.05) is 0 Å². The summed E-state index contributed by atoms with van der Waals surface area (Å²) in [4.78, 5) is 27.7. The van der Waals surface area contributed by atoms with Gasteiger partial charge in [-0.3, -0.25) is 9.59 Å². The molecule has 1 aromatic carbocycles. The summed E-state index contributed by atoms with van der Waals surface area (Å²) in [6.45, 7) is 1.71. The van der Waals surface area contributed by atoms with Crippen LogP contribution in [0.15, 0.2) is 45.7 Å². The Balaban J connectivity index is 2.23. The first-order valence-corrected chi connectivity index (χ1v) is 6.21. The molecule has 2 aromatic heterocycles. The van der Waals surface area contributed by atoms with Crippen molar-refractivity contribution in [1.82, 2.24) is 4.98 Å². The van der Waals surface area contributed by atoms with Crippen LogP contribution in [0.2, 0.25) is 0 Å². The Morgan fingerprint density at radius 2 is 2.15 bits per heavy atom. The van der Waals surface area contributed by atoms with Crippen molar-refractivity contribution in [2.24, 2.45) is 0 Å². The summed E-state index contributed by atoms with van der Waals surface area (Å²) in [5.41, 5.74) is 0.518. The topological polar surface area (TPSA) is 69.4 Å². The fourth-order valence-corrected chi connectivity index (χ4v) is 1.94. The molecule has 0 saturated carbocycles. The maximum Gasteiger partial charge on any atom is 0.310 e. The first kappa shape index (κ1) is 12.3. The number of carbonyl (C=O) groups excluding carboxylic acids is 1. The predicted molar refractivity (Wildman–Crippen MR) is 73.7 cm³/mol. The third-order valence-electron chi connectivity index (χ3n) is 2.94. The summed E-state index contributed by atoms with van der Waals surface area (Å²) >= 11 is 0. The van der Waals surface area contributed by atoms with E-state index in [1.54, 1.807) is 37.4 Å². The van der Waals surface area contributed by atoms with E-state index in [4.69, 9.17) is 9.15 Å². The Hall–Kier alpha value is -2.69. The number of aromatic nitrogens is 1. The number of hydrogen-bond donors (Lipinski definition) is 0. The lowest BCUT2D eigenvalue weighted by molar-refractivity contribution is -0.134. The minimum Gasteiger partial charge on any atom is -0.437 e. The van der Waals surface area contributed by atoms with E-state index in [0.29, 0.717) is 27.8 Å². The fraction of sp³-hybridized carbons (Fsp3) is 0.133. The van der Waals surface area contributed by atoms with Gasteiger partial charge in [0, 0.05) is 12.6 Å². The lowest BCUT2D eigenvalue weighted by Crippen LogP contribution is -2.07. The van der Waals surface area contributed by atoms with Crippen molar-refractivity contribution in [1.29, 1.82) is 0 Å². The van der Waals surface area contributed by atoms with E-state index in [1.807, 2.05) is 0 Å². The molecule has 0 unspecified atom stereocenters. The second-order valence-electron chi connectivity index (χ2n) is 4.27.